The Morgan fingerprint density at radius 2 is 1.93 bits per heavy atom. The number of thioether (sulfide) groups is 1. The Morgan fingerprint density at radius 1 is 1.10 bits per heavy atom. The van der Waals surface area contributed by atoms with Gasteiger partial charge in [-0.3, -0.25) is 9.36 Å². The molecule has 0 spiro atoms. The Bertz CT molecular complexity index is 1240. The van der Waals surface area contributed by atoms with Crippen LogP contribution < -0.4 is 10.3 Å². The van der Waals surface area contributed by atoms with E-state index in [-0.39, 0.29) is 5.56 Å². The first-order valence-corrected chi connectivity index (χ1v) is 10.4. The zero-order valence-electron chi connectivity index (χ0n) is 15.3. The minimum atomic E-state index is -0.187. The Balaban J connectivity index is 1.88. The van der Waals surface area contributed by atoms with Gasteiger partial charge in [0.25, 0.3) is 5.56 Å². The molecule has 0 radical (unpaired) electrons. The number of nitrogens with zero attached hydrogens (tertiary/aromatic N) is 3. The molecule has 0 amide bonds. The van der Waals surface area contributed by atoms with Gasteiger partial charge < -0.3 is 4.74 Å². The average Bonchev–Trinajstić information content (AvgIpc) is 2.73. The first-order valence-electron chi connectivity index (χ1n) is 8.66. The maximum Gasteiger partial charge on any atom is 0.266 e. The molecule has 0 saturated heterocycles. The maximum absolute atomic E-state index is 13.4. The van der Waals surface area contributed by atoms with Gasteiger partial charge in [0.15, 0.2) is 5.16 Å². The third-order valence-corrected chi connectivity index (χ3v) is 5.75. The fraction of sp³-hybridized carbons (Fsp3) is 0.0952. The van der Waals surface area contributed by atoms with Gasteiger partial charge in [0.05, 0.1) is 23.7 Å². The van der Waals surface area contributed by atoms with Crippen LogP contribution in [0, 0.1) is 0 Å². The predicted octanol–water partition coefficient (Wildman–Crippen LogP) is 5.39. The van der Waals surface area contributed by atoms with Gasteiger partial charge in [-0.2, -0.15) is 0 Å². The van der Waals surface area contributed by atoms with Crippen LogP contribution in [0.25, 0.3) is 16.6 Å². The molecule has 4 aromatic rings. The van der Waals surface area contributed by atoms with Gasteiger partial charge in [0.1, 0.15) is 10.9 Å². The normalized spacial score (nSPS) is 11.0. The molecule has 0 unspecified atom stereocenters. The summed E-state index contributed by atoms with van der Waals surface area (Å²) in [5, 5.41) is 1.97. The van der Waals surface area contributed by atoms with Crippen molar-refractivity contribution in [3.8, 4) is 11.4 Å². The second kappa shape index (κ2) is 8.45. The molecular formula is C21H15Cl2N3O2S. The monoisotopic (exact) mass is 443 g/mol. The first kappa shape index (κ1) is 19.8. The zero-order chi connectivity index (χ0) is 20.4. The Labute approximate surface area is 181 Å². The summed E-state index contributed by atoms with van der Waals surface area (Å²) in [6.07, 6.45) is 1.71. The first-order chi connectivity index (χ1) is 14.1. The van der Waals surface area contributed by atoms with Gasteiger partial charge in [-0.1, -0.05) is 53.2 Å². The molecule has 0 bridgehead atoms. The van der Waals surface area contributed by atoms with Gasteiger partial charge >= 0.3 is 0 Å². The lowest BCUT2D eigenvalue weighted by atomic mass is 10.2. The van der Waals surface area contributed by atoms with Crippen LogP contribution in [0.4, 0.5) is 0 Å². The molecule has 8 heteroatoms. The van der Waals surface area contributed by atoms with Crippen molar-refractivity contribution in [1.82, 2.24) is 14.5 Å². The van der Waals surface area contributed by atoms with Crippen molar-refractivity contribution in [2.45, 2.75) is 10.9 Å². The van der Waals surface area contributed by atoms with E-state index in [0.29, 0.717) is 43.4 Å². The molecule has 0 N–H and O–H groups in total. The number of para-hydroxylation sites is 2. The largest absolute Gasteiger partial charge is 0.495 e. The lowest BCUT2D eigenvalue weighted by molar-refractivity contribution is 0.411. The highest BCUT2D eigenvalue weighted by molar-refractivity contribution is 7.98. The Kier molecular flexibility index (Phi) is 5.76. The van der Waals surface area contributed by atoms with E-state index in [0.717, 1.165) is 5.56 Å². The van der Waals surface area contributed by atoms with Gasteiger partial charge in [0.2, 0.25) is 0 Å². The number of fused-ring (bicyclic) bond motifs is 1. The number of halogens is 2. The highest BCUT2D eigenvalue weighted by atomic mass is 35.5. The van der Waals surface area contributed by atoms with E-state index in [2.05, 4.69) is 4.98 Å². The summed E-state index contributed by atoms with van der Waals surface area (Å²) in [6, 6.07) is 16.1. The number of ether oxygens (including phenoxy) is 1. The topological polar surface area (TPSA) is 57.0 Å². The molecule has 29 heavy (non-hydrogen) atoms. The Morgan fingerprint density at radius 3 is 2.69 bits per heavy atom. The molecule has 4 rings (SSSR count). The molecular weight excluding hydrogens is 429 g/mol. The molecule has 5 nitrogen and oxygen atoms in total. The number of aromatic nitrogens is 3. The van der Waals surface area contributed by atoms with Crippen LogP contribution in [0.1, 0.15) is 5.56 Å². The van der Waals surface area contributed by atoms with Gasteiger partial charge in [-0.25, -0.2) is 9.97 Å². The van der Waals surface area contributed by atoms with Crippen LogP contribution in [0.15, 0.2) is 70.7 Å². The summed E-state index contributed by atoms with van der Waals surface area (Å²) in [5.74, 6) is 1.15. The Hall–Kier alpha value is -2.54. The van der Waals surface area contributed by atoms with E-state index >= 15 is 0 Å². The molecule has 0 aliphatic rings. The van der Waals surface area contributed by atoms with E-state index in [1.54, 1.807) is 42.1 Å². The summed E-state index contributed by atoms with van der Waals surface area (Å²) in [7, 11) is 1.57. The molecule has 146 valence electrons. The van der Waals surface area contributed by atoms with Crippen molar-refractivity contribution < 1.29 is 4.74 Å². The second-order valence-electron chi connectivity index (χ2n) is 6.15. The number of benzene rings is 2. The van der Waals surface area contributed by atoms with Gasteiger partial charge in [0, 0.05) is 17.0 Å². The number of hydrogen-bond donors (Lipinski definition) is 0. The minimum absolute atomic E-state index is 0.187. The zero-order valence-corrected chi connectivity index (χ0v) is 17.6. The molecule has 0 fully saturated rings. The molecule has 0 saturated carbocycles. The predicted molar refractivity (Wildman–Crippen MR) is 118 cm³/mol. The number of pyridine rings is 1. The van der Waals surface area contributed by atoms with Crippen LogP contribution in [-0.4, -0.2) is 21.6 Å². The van der Waals surface area contributed by atoms with Crippen LogP contribution in [0.2, 0.25) is 10.2 Å². The number of methoxy groups -OCH3 is 1. The van der Waals surface area contributed by atoms with Crippen molar-refractivity contribution in [1.29, 1.82) is 0 Å². The summed E-state index contributed by atoms with van der Waals surface area (Å²) in [6.45, 7) is 0. The van der Waals surface area contributed by atoms with Crippen LogP contribution >= 0.6 is 35.0 Å². The third-order valence-electron chi connectivity index (χ3n) is 4.28. The minimum Gasteiger partial charge on any atom is -0.495 e. The second-order valence-corrected chi connectivity index (χ2v) is 7.91. The molecule has 0 atom stereocenters. The van der Waals surface area contributed by atoms with Crippen molar-refractivity contribution in [3.63, 3.8) is 0 Å². The average molecular weight is 444 g/mol. The smallest absolute Gasteiger partial charge is 0.266 e. The summed E-state index contributed by atoms with van der Waals surface area (Å²) in [4.78, 5) is 22.2. The SMILES string of the molecule is COc1ccccc1-n1c(SCc2ccc(Cl)nc2)nc2cc(Cl)ccc2c1=O. The fourth-order valence-electron chi connectivity index (χ4n) is 2.90. The van der Waals surface area contributed by atoms with E-state index in [1.807, 2.05) is 30.3 Å². The standard InChI is InChI=1S/C21H15Cl2N3O2S/c1-28-18-5-3-2-4-17(18)26-20(27)15-8-7-14(22)10-16(15)25-21(26)29-12-13-6-9-19(23)24-11-13/h2-11H,12H2,1H3. The fourth-order valence-corrected chi connectivity index (χ4v) is 4.12. The molecule has 0 aliphatic heterocycles. The van der Waals surface area contributed by atoms with E-state index < -0.39 is 0 Å². The summed E-state index contributed by atoms with van der Waals surface area (Å²) >= 11 is 13.4. The van der Waals surface area contributed by atoms with E-state index in [9.17, 15) is 4.79 Å². The molecule has 2 aromatic carbocycles. The highest BCUT2D eigenvalue weighted by Gasteiger charge is 2.16. The van der Waals surface area contributed by atoms with E-state index in [1.165, 1.54) is 11.8 Å². The van der Waals surface area contributed by atoms with Gasteiger partial charge in [-0.05, 0) is 42.0 Å². The van der Waals surface area contributed by atoms with Crippen molar-refractivity contribution in [2.75, 3.05) is 7.11 Å². The lowest BCUT2D eigenvalue weighted by Gasteiger charge is -2.15. The van der Waals surface area contributed by atoms with Crippen LogP contribution in [0.5, 0.6) is 5.75 Å². The highest BCUT2D eigenvalue weighted by Crippen LogP contribution is 2.29. The van der Waals surface area contributed by atoms with Crippen LogP contribution in [-0.2, 0) is 5.75 Å². The van der Waals surface area contributed by atoms with Gasteiger partial charge in [-0.15, -0.1) is 0 Å². The summed E-state index contributed by atoms with van der Waals surface area (Å²) in [5.41, 5.74) is 1.95. The van der Waals surface area contributed by atoms with Crippen molar-refractivity contribution >= 4 is 45.9 Å². The number of hydrogen-bond acceptors (Lipinski definition) is 5. The number of rotatable bonds is 5. The quantitative estimate of drug-likeness (QED) is 0.235. The van der Waals surface area contributed by atoms with E-state index in [4.69, 9.17) is 32.9 Å². The summed E-state index contributed by atoms with van der Waals surface area (Å²) < 4.78 is 7.05. The molecule has 0 aliphatic carbocycles. The maximum atomic E-state index is 13.4. The molecule has 2 heterocycles. The lowest BCUT2D eigenvalue weighted by Crippen LogP contribution is -2.22. The third kappa shape index (κ3) is 4.10. The van der Waals surface area contributed by atoms with Crippen LogP contribution in [0.3, 0.4) is 0 Å². The molecule has 2 aromatic heterocycles. The van der Waals surface area contributed by atoms with Crippen molar-refractivity contribution in [2.24, 2.45) is 0 Å². The van der Waals surface area contributed by atoms with Crippen molar-refractivity contribution in [3.05, 3.63) is 86.9 Å².